The summed E-state index contributed by atoms with van der Waals surface area (Å²) >= 11 is 0. The largest absolute Gasteiger partial charge is 0.286 e. The Bertz CT molecular complexity index is 722. The molecule has 4 saturated carbocycles. The van der Waals surface area contributed by atoms with Gasteiger partial charge in [-0.05, 0) is 91.6 Å². The molecule has 2 unspecified atom stereocenters. The Morgan fingerprint density at radius 1 is 1.09 bits per heavy atom. The van der Waals surface area contributed by atoms with Gasteiger partial charge in [-0.3, -0.25) is 4.99 Å². The number of hydrogen-bond donors (Lipinski definition) is 0. The van der Waals surface area contributed by atoms with Crippen LogP contribution in [0.3, 0.4) is 0 Å². The minimum Gasteiger partial charge on any atom is -0.286 e. The maximum Gasteiger partial charge on any atom is 0.0641 e. The van der Waals surface area contributed by atoms with Crippen molar-refractivity contribution < 1.29 is 0 Å². The second-order valence-electron chi connectivity index (χ2n) is 8.20. The van der Waals surface area contributed by atoms with E-state index in [0.29, 0.717) is 5.54 Å². The molecular formula is C22H25N. The molecule has 0 aromatic heterocycles. The Hall–Kier alpha value is -1.63. The van der Waals surface area contributed by atoms with Crippen LogP contribution in [0.25, 0.3) is 6.08 Å². The molecule has 0 N–H and O–H groups in total. The van der Waals surface area contributed by atoms with Crippen LogP contribution >= 0.6 is 0 Å². The summed E-state index contributed by atoms with van der Waals surface area (Å²) in [7, 11) is 0. The summed E-state index contributed by atoms with van der Waals surface area (Å²) in [6, 6.07) is 8.77. The van der Waals surface area contributed by atoms with Crippen LogP contribution in [0.5, 0.6) is 0 Å². The molecule has 1 heteroatoms. The predicted octanol–water partition coefficient (Wildman–Crippen LogP) is 5.22. The van der Waals surface area contributed by atoms with E-state index < -0.39 is 0 Å². The first-order valence-corrected chi connectivity index (χ1v) is 9.26. The second-order valence-corrected chi connectivity index (χ2v) is 8.20. The van der Waals surface area contributed by atoms with Crippen molar-refractivity contribution in [1.82, 2.24) is 0 Å². The van der Waals surface area contributed by atoms with E-state index in [1.165, 1.54) is 54.4 Å². The van der Waals surface area contributed by atoms with Crippen molar-refractivity contribution >= 4 is 12.3 Å². The number of hydrogen-bond acceptors (Lipinski definition) is 1. The lowest BCUT2D eigenvalue weighted by Crippen LogP contribution is -2.28. The molecule has 1 aromatic rings. The zero-order valence-electron chi connectivity index (χ0n) is 14.0. The molecule has 0 spiro atoms. The van der Waals surface area contributed by atoms with Crippen LogP contribution in [0.1, 0.15) is 50.2 Å². The van der Waals surface area contributed by atoms with Gasteiger partial charge in [0.2, 0.25) is 0 Å². The van der Waals surface area contributed by atoms with Crippen molar-refractivity contribution in [3.05, 3.63) is 52.6 Å². The van der Waals surface area contributed by atoms with E-state index in [9.17, 15) is 0 Å². The fourth-order valence-electron chi connectivity index (χ4n) is 5.95. The molecule has 6 rings (SSSR count). The number of rotatable bonds is 2. The molecule has 23 heavy (non-hydrogen) atoms. The zero-order valence-corrected chi connectivity index (χ0v) is 14.0. The first kappa shape index (κ1) is 13.8. The van der Waals surface area contributed by atoms with Gasteiger partial charge in [-0.1, -0.05) is 30.3 Å². The van der Waals surface area contributed by atoms with E-state index >= 15 is 0 Å². The number of fused-ring (bicyclic) bond motifs is 1. The highest BCUT2D eigenvalue weighted by molar-refractivity contribution is 5.93. The number of allylic oxidation sites excluding steroid dienone is 3. The topological polar surface area (TPSA) is 12.4 Å². The molecule has 0 heterocycles. The molecule has 0 aliphatic heterocycles. The Kier molecular flexibility index (Phi) is 2.95. The third-order valence-corrected chi connectivity index (χ3v) is 6.87. The van der Waals surface area contributed by atoms with Gasteiger partial charge in [0.05, 0.1) is 5.54 Å². The van der Waals surface area contributed by atoms with Crippen molar-refractivity contribution in [3.63, 3.8) is 0 Å². The average molecular weight is 303 g/mol. The smallest absolute Gasteiger partial charge is 0.0641 e. The molecule has 4 fully saturated rings. The van der Waals surface area contributed by atoms with E-state index in [1.807, 2.05) is 0 Å². The van der Waals surface area contributed by atoms with Gasteiger partial charge in [-0.2, -0.15) is 0 Å². The first-order valence-electron chi connectivity index (χ1n) is 9.26. The summed E-state index contributed by atoms with van der Waals surface area (Å²) in [5, 5.41) is 0. The van der Waals surface area contributed by atoms with Crippen molar-refractivity contribution in [2.24, 2.45) is 22.7 Å². The van der Waals surface area contributed by atoms with Gasteiger partial charge in [-0.15, -0.1) is 0 Å². The monoisotopic (exact) mass is 303 g/mol. The van der Waals surface area contributed by atoms with Crippen LogP contribution < -0.4 is 0 Å². The van der Waals surface area contributed by atoms with E-state index in [-0.39, 0.29) is 0 Å². The van der Waals surface area contributed by atoms with E-state index in [2.05, 4.69) is 49.6 Å². The highest BCUT2D eigenvalue weighted by Crippen LogP contribution is 2.62. The van der Waals surface area contributed by atoms with Gasteiger partial charge < -0.3 is 0 Å². The van der Waals surface area contributed by atoms with Crippen molar-refractivity contribution in [2.75, 3.05) is 0 Å². The van der Waals surface area contributed by atoms with Gasteiger partial charge in [0.25, 0.3) is 0 Å². The highest BCUT2D eigenvalue weighted by atomic mass is 14.9. The normalized spacial score (nSPS) is 39.3. The van der Waals surface area contributed by atoms with Crippen LogP contribution in [0.4, 0.5) is 0 Å². The lowest BCUT2D eigenvalue weighted by Gasteiger charge is -2.29. The SMILES string of the molecule is C/C=C1/Cc2ccccc2C=C1C=NC12CC3CC(CC1C3)C2. The summed E-state index contributed by atoms with van der Waals surface area (Å²) in [6.07, 6.45) is 15.0. The fourth-order valence-corrected chi connectivity index (χ4v) is 5.95. The molecule has 118 valence electrons. The van der Waals surface area contributed by atoms with Gasteiger partial charge in [0.1, 0.15) is 0 Å². The standard InChI is InChI=1S/C22H25N/c1-2-17-10-18-5-3-4-6-19(18)11-20(17)14-23-22-12-15-7-16(13-22)9-21(22)8-15/h2-6,11,14-16,21H,7-10,12-13H2,1H3/b17-2-,23-14?. The minimum atomic E-state index is 0.310. The summed E-state index contributed by atoms with van der Waals surface area (Å²) in [5.74, 6) is 2.84. The Morgan fingerprint density at radius 2 is 1.87 bits per heavy atom. The molecular weight excluding hydrogens is 278 g/mol. The minimum absolute atomic E-state index is 0.310. The zero-order chi connectivity index (χ0) is 15.4. The Labute approximate surface area is 139 Å². The van der Waals surface area contributed by atoms with Crippen LogP contribution in [0.2, 0.25) is 0 Å². The summed E-state index contributed by atoms with van der Waals surface area (Å²) in [5.41, 5.74) is 5.89. The lowest BCUT2D eigenvalue weighted by molar-refractivity contribution is 0.269. The number of benzene rings is 1. The Balaban J connectivity index is 1.49. The van der Waals surface area contributed by atoms with Crippen LogP contribution in [0, 0.1) is 17.8 Å². The van der Waals surface area contributed by atoms with E-state index in [0.717, 1.165) is 24.2 Å². The number of aliphatic imine (C=N–C) groups is 1. The summed E-state index contributed by atoms with van der Waals surface area (Å²) in [4.78, 5) is 5.26. The fraction of sp³-hybridized carbons (Fsp3) is 0.500. The van der Waals surface area contributed by atoms with Crippen molar-refractivity contribution in [2.45, 2.75) is 51.0 Å². The maximum atomic E-state index is 5.26. The van der Waals surface area contributed by atoms with E-state index in [1.54, 1.807) is 0 Å². The third-order valence-electron chi connectivity index (χ3n) is 6.87. The van der Waals surface area contributed by atoms with Crippen molar-refractivity contribution in [1.29, 1.82) is 0 Å². The molecule has 0 amide bonds. The third kappa shape index (κ3) is 2.09. The lowest BCUT2D eigenvalue weighted by atomic mass is 9.80. The van der Waals surface area contributed by atoms with Gasteiger partial charge >= 0.3 is 0 Å². The molecule has 2 atom stereocenters. The first-order chi connectivity index (χ1) is 11.3. The molecule has 1 aromatic carbocycles. The van der Waals surface area contributed by atoms with E-state index in [4.69, 9.17) is 4.99 Å². The molecule has 0 radical (unpaired) electrons. The molecule has 0 saturated heterocycles. The Morgan fingerprint density at radius 3 is 2.65 bits per heavy atom. The predicted molar refractivity (Wildman–Crippen MR) is 96.7 cm³/mol. The second kappa shape index (κ2) is 4.93. The van der Waals surface area contributed by atoms with Gasteiger partial charge in [0.15, 0.2) is 0 Å². The molecule has 5 aliphatic rings. The van der Waals surface area contributed by atoms with Gasteiger partial charge in [-0.25, -0.2) is 0 Å². The number of nitrogens with zero attached hydrogens (tertiary/aromatic N) is 1. The molecule has 1 nitrogen and oxygen atoms in total. The maximum absolute atomic E-state index is 5.26. The summed E-state index contributed by atoms with van der Waals surface area (Å²) in [6.45, 7) is 2.16. The average Bonchev–Trinajstić information content (AvgIpc) is 2.96. The van der Waals surface area contributed by atoms with Crippen LogP contribution in [-0.4, -0.2) is 11.8 Å². The summed E-state index contributed by atoms with van der Waals surface area (Å²) < 4.78 is 0. The van der Waals surface area contributed by atoms with Crippen LogP contribution in [0.15, 0.2) is 46.5 Å². The quantitative estimate of drug-likeness (QED) is 0.664. The molecule has 4 bridgehead atoms. The van der Waals surface area contributed by atoms with Crippen molar-refractivity contribution in [3.8, 4) is 0 Å². The van der Waals surface area contributed by atoms with Crippen LogP contribution in [-0.2, 0) is 6.42 Å². The highest BCUT2D eigenvalue weighted by Gasteiger charge is 2.57. The van der Waals surface area contributed by atoms with Gasteiger partial charge in [0, 0.05) is 6.21 Å². The molecule has 5 aliphatic carbocycles.